The SMILES string of the molecule is CN1CC(OC(=O)N2CCC(NS(=O)(=O)N(C)C)[C@H](COC3CCC(c4cccc(F)c4)CC3)C2)C1. The number of likely N-dealkylation sites (tertiary alicyclic amines) is 2. The number of benzene rings is 1. The standard InChI is InChI=1S/C25H39FN4O5S/c1-28(2)36(32,33)27-24-11-12-30(25(31)35-23-15-29(3)16-23)14-20(24)17-34-22-9-7-18(8-10-22)19-5-4-6-21(26)13-19/h4-6,13,18,20,22-24,27H,7-12,14-17H2,1-3H3/t18?,20-,22?,24?/m0/s1. The first-order valence-corrected chi connectivity index (χ1v) is 14.3. The molecule has 1 aliphatic carbocycles. The predicted molar refractivity (Wildman–Crippen MR) is 134 cm³/mol. The van der Waals surface area contributed by atoms with Gasteiger partial charge in [-0.05, 0) is 62.8 Å². The van der Waals surface area contributed by atoms with Gasteiger partial charge in [0.05, 0.1) is 12.7 Å². The van der Waals surface area contributed by atoms with Crippen molar-refractivity contribution in [1.29, 1.82) is 0 Å². The lowest BCUT2D eigenvalue weighted by Gasteiger charge is -2.41. The normalized spacial score (nSPS) is 28.2. The van der Waals surface area contributed by atoms with Crippen LogP contribution in [0.3, 0.4) is 0 Å². The van der Waals surface area contributed by atoms with E-state index in [0.29, 0.717) is 32.0 Å². The number of likely N-dealkylation sites (N-methyl/N-ethyl adjacent to an activating group) is 1. The zero-order valence-corrected chi connectivity index (χ0v) is 22.3. The number of carbonyl (C=O) groups is 1. The third kappa shape index (κ3) is 6.95. The van der Waals surface area contributed by atoms with Crippen LogP contribution in [0.15, 0.2) is 24.3 Å². The Morgan fingerprint density at radius 2 is 1.83 bits per heavy atom. The van der Waals surface area contributed by atoms with Crippen LogP contribution in [0.4, 0.5) is 9.18 Å². The summed E-state index contributed by atoms with van der Waals surface area (Å²) in [6, 6.07) is 6.48. The minimum absolute atomic E-state index is 0.0637. The van der Waals surface area contributed by atoms with Crippen LogP contribution < -0.4 is 4.72 Å². The van der Waals surface area contributed by atoms with Crippen molar-refractivity contribution >= 4 is 16.3 Å². The van der Waals surface area contributed by atoms with Gasteiger partial charge in [-0.15, -0.1) is 0 Å². The van der Waals surface area contributed by atoms with Gasteiger partial charge in [0.25, 0.3) is 10.2 Å². The van der Waals surface area contributed by atoms with Crippen molar-refractivity contribution in [2.75, 3.05) is 53.9 Å². The van der Waals surface area contributed by atoms with Gasteiger partial charge in [-0.2, -0.15) is 17.4 Å². The molecule has 2 saturated heterocycles. The summed E-state index contributed by atoms with van der Waals surface area (Å²) < 4.78 is 54.5. The van der Waals surface area contributed by atoms with Crippen molar-refractivity contribution in [2.24, 2.45) is 5.92 Å². The summed E-state index contributed by atoms with van der Waals surface area (Å²) in [5, 5.41) is 0. The molecule has 0 aromatic heterocycles. The summed E-state index contributed by atoms with van der Waals surface area (Å²) >= 11 is 0. The Morgan fingerprint density at radius 3 is 2.47 bits per heavy atom. The number of halogens is 1. The fourth-order valence-corrected chi connectivity index (χ4v) is 6.24. The Hall–Kier alpha value is -1.79. The van der Waals surface area contributed by atoms with Crippen molar-refractivity contribution in [1.82, 2.24) is 18.8 Å². The van der Waals surface area contributed by atoms with Gasteiger partial charge >= 0.3 is 6.09 Å². The van der Waals surface area contributed by atoms with Gasteiger partial charge in [0, 0.05) is 52.2 Å². The van der Waals surface area contributed by atoms with Crippen LogP contribution in [0.1, 0.15) is 43.6 Å². The van der Waals surface area contributed by atoms with Gasteiger partial charge in [0.2, 0.25) is 0 Å². The lowest BCUT2D eigenvalue weighted by atomic mass is 9.82. The second-order valence-electron chi connectivity index (χ2n) is 10.6. The lowest BCUT2D eigenvalue weighted by Crippen LogP contribution is -2.57. The van der Waals surface area contributed by atoms with E-state index in [1.807, 2.05) is 13.1 Å². The Balaban J connectivity index is 1.33. The molecule has 1 unspecified atom stereocenters. The van der Waals surface area contributed by atoms with Crippen LogP contribution in [0.5, 0.6) is 0 Å². The third-order valence-electron chi connectivity index (χ3n) is 7.61. The number of hydrogen-bond donors (Lipinski definition) is 1. The fraction of sp³-hybridized carbons (Fsp3) is 0.720. The largest absolute Gasteiger partial charge is 0.443 e. The number of carbonyl (C=O) groups excluding carboxylic acids is 1. The summed E-state index contributed by atoms with van der Waals surface area (Å²) in [5.74, 6) is -0.0708. The van der Waals surface area contributed by atoms with Crippen LogP contribution in [0.2, 0.25) is 0 Å². The molecule has 0 radical (unpaired) electrons. The summed E-state index contributed by atoms with van der Waals surface area (Å²) in [6.45, 7) is 2.62. The van der Waals surface area contributed by atoms with Gasteiger partial charge in [-0.25, -0.2) is 9.18 Å². The van der Waals surface area contributed by atoms with Gasteiger partial charge in [-0.1, -0.05) is 12.1 Å². The topological polar surface area (TPSA) is 91.4 Å². The molecule has 1 aromatic carbocycles. The average molecular weight is 527 g/mol. The first-order valence-electron chi connectivity index (χ1n) is 12.8. The number of nitrogens with zero attached hydrogens (tertiary/aromatic N) is 3. The van der Waals surface area contributed by atoms with Crippen LogP contribution in [0, 0.1) is 11.7 Å². The van der Waals surface area contributed by atoms with E-state index in [-0.39, 0.29) is 36.1 Å². The second kappa shape index (κ2) is 11.7. The molecular formula is C25H39FN4O5S. The summed E-state index contributed by atoms with van der Waals surface area (Å²) in [4.78, 5) is 16.5. The number of piperidine rings is 1. The first-order chi connectivity index (χ1) is 17.1. The number of ether oxygens (including phenoxy) is 2. The fourth-order valence-electron chi connectivity index (χ4n) is 5.34. The minimum Gasteiger partial charge on any atom is -0.443 e. The van der Waals surface area contributed by atoms with Crippen LogP contribution in [-0.2, 0) is 19.7 Å². The zero-order valence-electron chi connectivity index (χ0n) is 21.4. The Kier molecular flexibility index (Phi) is 8.87. The molecule has 202 valence electrons. The molecule has 0 bridgehead atoms. The molecule has 2 atom stereocenters. The number of hydrogen-bond acceptors (Lipinski definition) is 6. The molecule has 1 N–H and O–H groups in total. The van der Waals surface area contributed by atoms with Crippen molar-refractivity contribution in [3.63, 3.8) is 0 Å². The van der Waals surface area contributed by atoms with E-state index < -0.39 is 10.2 Å². The van der Waals surface area contributed by atoms with Gasteiger partial charge in [0.15, 0.2) is 0 Å². The van der Waals surface area contributed by atoms with Gasteiger partial charge in [0.1, 0.15) is 11.9 Å². The van der Waals surface area contributed by atoms with Crippen molar-refractivity contribution in [3.05, 3.63) is 35.6 Å². The summed E-state index contributed by atoms with van der Waals surface area (Å²) in [7, 11) is 1.35. The maximum Gasteiger partial charge on any atom is 0.410 e. The Labute approximate surface area is 214 Å². The predicted octanol–water partition coefficient (Wildman–Crippen LogP) is 2.41. The summed E-state index contributed by atoms with van der Waals surface area (Å²) in [6.07, 6.45) is 3.69. The minimum atomic E-state index is -3.62. The molecule has 36 heavy (non-hydrogen) atoms. The van der Waals surface area contributed by atoms with E-state index in [2.05, 4.69) is 9.62 Å². The maximum atomic E-state index is 13.6. The highest BCUT2D eigenvalue weighted by Gasteiger charge is 2.37. The highest BCUT2D eigenvalue weighted by atomic mass is 32.2. The quantitative estimate of drug-likeness (QED) is 0.560. The monoisotopic (exact) mass is 526 g/mol. The molecule has 11 heteroatoms. The van der Waals surface area contributed by atoms with E-state index in [4.69, 9.17) is 9.47 Å². The number of amides is 1. The first kappa shape index (κ1) is 27.3. The second-order valence-corrected chi connectivity index (χ2v) is 12.5. The molecule has 2 heterocycles. The molecule has 3 aliphatic rings. The van der Waals surface area contributed by atoms with Crippen molar-refractivity contribution in [2.45, 2.75) is 56.3 Å². The number of nitrogens with one attached hydrogen (secondary N) is 1. The number of rotatable bonds is 8. The summed E-state index contributed by atoms with van der Waals surface area (Å²) in [5.41, 5.74) is 1.03. The van der Waals surface area contributed by atoms with Gasteiger partial charge < -0.3 is 14.4 Å². The van der Waals surface area contributed by atoms with Crippen LogP contribution >= 0.6 is 0 Å². The highest BCUT2D eigenvalue weighted by molar-refractivity contribution is 7.87. The smallest absolute Gasteiger partial charge is 0.410 e. The Bertz CT molecular complexity index is 996. The molecule has 1 aromatic rings. The van der Waals surface area contributed by atoms with E-state index in [1.54, 1.807) is 17.0 Å². The average Bonchev–Trinajstić information content (AvgIpc) is 2.82. The third-order valence-corrected chi connectivity index (χ3v) is 9.17. The molecule has 2 aliphatic heterocycles. The van der Waals surface area contributed by atoms with Crippen LogP contribution in [0.25, 0.3) is 0 Å². The van der Waals surface area contributed by atoms with Crippen molar-refractivity contribution in [3.8, 4) is 0 Å². The van der Waals surface area contributed by atoms with Crippen molar-refractivity contribution < 1.29 is 27.1 Å². The van der Waals surface area contributed by atoms with E-state index in [1.165, 1.54) is 20.2 Å². The Morgan fingerprint density at radius 1 is 1.11 bits per heavy atom. The highest BCUT2D eigenvalue weighted by Crippen LogP contribution is 2.34. The lowest BCUT2D eigenvalue weighted by molar-refractivity contribution is -0.0351. The molecule has 9 nitrogen and oxygen atoms in total. The molecule has 4 rings (SSSR count). The van der Waals surface area contributed by atoms with Crippen LogP contribution in [-0.4, -0.2) is 101 Å². The molecule has 1 saturated carbocycles. The maximum absolute atomic E-state index is 13.6. The van der Waals surface area contributed by atoms with E-state index in [0.717, 1.165) is 48.6 Å². The van der Waals surface area contributed by atoms with Gasteiger partial charge in [-0.3, -0.25) is 4.90 Å². The van der Waals surface area contributed by atoms with E-state index in [9.17, 15) is 17.6 Å². The molecule has 0 spiro atoms. The molecular weight excluding hydrogens is 487 g/mol. The molecule has 1 amide bonds. The van der Waals surface area contributed by atoms with E-state index >= 15 is 0 Å². The molecule has 3 fully saturated rings. The zero-order chi connectivity index (χ0) is 25.9.